The first-order chi connectivity index (χ1) is 7.86. The van der Waals surface area contributed by atoms with Crippen molar-refractivity contribution in [2.45, 2.75) is 18.6 Å². The molecule has 1 aromatic carbocycles. The summed E-state index contributed by atoms with van der Waals surface area (Å²) in [5.74, 6) is 0. The van der Waals surface area contributed by atoms with Crippen LogP contribution in [0, 0.1) is 0 Å². The van der Waals surface area contributed by atoms with Crippen molar-refractivity contribution in [3.05, 3.63) is 42.1 Å². The number of pyridine rings is 1. The van der Waals surface area contributed by atoms with Gasteiger partial charge >= 0.3 is 0 Å². The van der Waals surface area contributed by atoms with Gasteiger partial charge in [0.05, 0.1) is 11.6 Å². The first-order valence-electron chi connectivity index (χ1n) is 5.57. The molecule has 0 spiro atoms. The quantitative estimate of drug-likeness (QED) is 0.790. The first-order valence-corrected chi connectivity index (χ1v) is 5.57. The second-order valence-corrected chi connectivity index (χ2v) is 4.16. The lowest BCUT2D eigenvalue weighted by molar-refractivity contribution is 0.106. The number of nitrogens with two attached hydrogens (primary N) is 1. The molecule has 2 unspecified atom stereocenters. The molecule has 1 aliphatic rings. The van der Waals surface area contributed by atoms with Crippen molar-refractivity contribution < 1.29 is 4.74 Å². The molecular formula is C13H14N2O. The van der Waals surface area contributed by atoms with Gasteiger partial charge in [-0.05, 0) is 24.1 Å². The highest BCUT2D eigenvalue weighted by Crippen LogP contribution is 2.31. The van der Waals surface area contributed by atoms with E-state index in [-0.39, 0.29) is 12.1 Å². The Balaban J connectivity index is 2.16. The number of fused-ring (bicyclic) bond motifs is 1. The minimum absolute atomic E-state index is 0.0212. The number of rotatable bonds is 1. The SMILES string of the molecule is NC1CCOC1c1ccnc2ccccc12. The third kappa shape index (κ3) is 1.49. The Morgan fingerprint density at radius 2 is 2.12 bits per heavy atom. The highest BCUT2D eigenvalue weighted by atomic mass is 16.5. The largest absolute Gasteiger partial charge is 0.372 e. The van der Waals surface area contributed by atoms with Crippen LogP contribution in [-0.2, 0) is 4.74 Å². The Bertz CT molecular complexity index is 507. The summed E-state index contributed by atoms with van der Waals surface area (Å²) in [4.78, 5) is 4.34. The van der Waals surface area contributed by atoms with Crippen LogP contribution in [0.15, 0.2) is 36.5 Å². The number of hydrogen-bond donors (Lipinski definition) is 1. The van der Waals surface area contributed by atoms with E-state index in [0.29, 0.717) is 0 Å². The van der Waals surface area contributed by atoms with E-state index in [0.717, 1.165) is 29.5 Å². The number of para-hydroxylation sites is 1. The Morgan fingerprint density at radius 3 is 2.94 bits per heavy atom. The predicted molar refractivity (Wildman–Crippen MR) is 63.0 cm³/mol. The van der Waals surface area contributed by atoms with Gasteiger partial charge in [-0.2, -0.15) is 0 Å². The van der Waals surface area contributed by atoms with Gasteiger partial charge in [0.1, 0.15) is 0 Å². The van der Waals surface area contributed by atoms with E-state index < -0.39 is 0 Å². The molecule has 0 amide bonds. The third-order valence-corrected chi connectivity index (χ3v) is 3.13. The van der Waals surface area contributed by atoms with E-state index in [1.807, 2.05) is 30.5 Å². The molecule has 0 saturated carbocycles. The molecule has 2 heterocycles. The molecule has 1 fully saturated rings. The molecule has 3 nitrogen and oxygen atoms in total. The fourth-order valence-electron chi connectivity index (χ4n) is 2.29. The molecule has 2 atom stereocenters. The van der Waals surface area contributed by atoms with Crippen LogP contribution in [0.2, 0.25) is 0 Å². The molecule has 2 N–H and O–H groups in total. The van der Waals surface area contributed by atoms with Crippen molar-refractivity contribution in [1.29, 1.82) is 0 Å². The smallest absolute Gasteiger partial charge is 0.0983 e. The number of aromatic nitrogens is 1. The fraction of sp³-hybridized carbons (Fsp3) is 0.308. The molecule has 3 heteroatoms. The number of hydrogen-bond acceptors (Lipinski definition) is 3. The highest BCUT2D eigenvalue weighted by Gasteiger charge is 2.27. The van der Waals surface area contributed by atoms with Gasteiger partial charge in [0.25, 0.3) is 0 Å². The van der Waals surface area contributed by atoms with Gasteiger partial charge in [0, 0.05) is 24.2 Å². The Hall–Kier alpha value is -1.45. The molecule has 16 heavy (non-hydrogen) atoms. The van der Waals surface area contributed by atoms with Crippen molar-refractivity contribution in [1.82, 2.24) is 4.98 Å². The molecule has 2 aromatic rings. The zero-order valence-electron chi connectivity index (χ0n) is 8.97. The van der Waals surface area contributed by atoms with Crippen LogP contribution in [-0.4, -0.2) is 17.6 Å². The molecule has 1 saturated heterocycles. The van der Waals surface area contributed by atoms with E-state index in [1.54, 1.807) is 0 Å². The maximum absolute atomic E-state index is 6.06. The van der Waals surface area contributed by atoms with Gasteiger partial charge in [-0.3, -0.25) is 4.98 Å². The topological polar surface area (TPSA) is 48.1 Å². The molecule has 1 aromatic heterocycles. The molecule has 82 valence electrons. The van der Waals surface area contributed by atoms with Crippen molar-refractivity contribution in [3.8, 4) is 0 Å². The molecule has 0 aliphatic carbocycles. The molecule has 0 bridgehead atoms. The van der Waals surface area contributed by atoms with Crippen LogP contribution in [0.3, 0.4) is 0 Å². The van der Waals surface area contributed by atoms with E-state index in [9.17, 15) is 0 Å². The lowest BCUT2D eigenvalue weighted by Gasteiger charge is -2.16. The molecular weight excluding hydrogens is 200 g/mol. The lowest BCUT2D eigenvalue weighted by atomic mass is 9.99. The Morgan fingerprint density at radius 1 is 1.25 bits per heavy atom. The van der Waals surface area contributed by atoms with Crippen molar-refractivity contribution in [2.24, 2.45) is 5.73 Å². The van der Waals surface area contributed by atoms with Gasteiger partial charge in [-0.25, -0.2) is 0 Å². The molecule has 0 radical (unpaired) electrons. The number of ether oxygens (including phenoxy) is 1. The van der Waals surface area contributed by atoms with Crippen LogP contribution >= 0.6 is 0 Å². The Labute approximate surface area is 94.2 Å². The van der Waals surface area contributed by atoms with Crippen molar-refractivity contribution in [2.75, 3.05) is 6.61 Å². The summed E-state index contributed by atoms with van der Waals surface area (Å²) in [6.45, 7) is 0.752. The van der Waals surface area contributed by atoms with E-state index in [4.69, 9.17) is 10.5 Å². The summed E-state index contributed by atoms with van der Waals surface area (Å²) < 4.78 is 5.71. The predicted octanol–water partition coefficient (Wildman–Crippen LogP) is 2.02. The van der Waals surface area contributed by atoms with Gasteiger partial charge in [-0.1, -0.05) is 18.2 Å². The second-order valence-electron chi connectivity index (χ2n) is 4.16. The van der Waals surface area contributed by atoms with Crippen LogP contribution in [0.1, 0.15) is 18.1 Å². The Kier molecular flexibility index (Phi) is 2.35. The lowest BCUT2D eigenvalue weighted by Crippen LogP contribution is -2.23. The van der Waals surface area contributed by atoms with Crippen LogP contribution < -0.4 is 5.73 Å². The summed E-state index contributed by atoms with van der Waals surface area (Å²) in [5, 5.41) is 1.15. The zero-order chi connectivity index (χ0) is 11.0. The summed E-state index contributed by atoms with van der Waals surface area (Å²) in [7, 11) is 0. The standard InChI is InChI=1S/C13H14N2O/c14-11-6-8-16-13(11)10-5-7-15-12-4-2-1-3-9(10)12/h1-5,7,11,13H,6,8,14H2. The fourth-order valence-corrected chi connectivity index (χ4v) is 2.29. The monoisotopic (exact) mass is 214 g/mol. The summed E-state index contributed by atoms with van der Waals surface area (Å²) in [6, 6.07) is 10.2. The van der Waals surface area contributed by atoms with Crippen LogP contribution in [0.4, 0.5) is 0 Å². The van der Waals surface area contributed by atoms with E-state index in [1.165, 1.54) is 0 Å². The number of benzene rings is 1. The van der Waals surface area contributed by atoms with Crippen LogP contribution in [0.25, 0.3) is 10.9 Å². The van der Waals surface area contributed by atoms with E-state index in [2.05, 4.69) is 11.1 Å². The average molecular weight is 214 g/mol. The normalized spacial score (nSPS) is 25.1. The minimum atomic E-state index is 0.0212. The zero-order valence-corrected chi connectivity index (χ0v) is 8.97. The van der Waals surface area contributed by atoms with Gasteiger partial charge < -0.3 is 10.5 Å². The number of nitrogens with zero attached hydrogens (tertiary/aromatic N) is 1. The highest BCUT2D eigenvalue weighted by molar-refractivity contribution is 5.82. The van der Waals surface area contributed by atoms with Crippen LogP contribution in [0.5, 0.6) is 0 Å². The molecule has 3 rings (SSSR count). The van der Waals surface area contributed by atoms with E-state index >= 15 is 0 Å². The van der Waals surface area contributed by atoms with Gasteiger partial charge in [0.15, 0.2) is 0 Å². The summed E-state index contributed by atoms with van der Waals surface area (Å²) >= 11 is 0. The maximum atomic E-state index is 6.06. The second kappa shape index (κ2) is 3.85. The third-order valence-electron chi connectivity index (χ3n) is 3.13. The average Bonchev–Trinajstić information content (AvgIpc) is 2.75. The first kappa shape index (κ1) is 9.75. The van der Waals surface area contributed by atoms with Gasteiger partial charge in [0.2, 0.25) is 0 Å². The summed E-state index contributed by atoms with van der Waals surface area (Å²) in [5.41, 5.74) is 8.22. The minimum Gasteiger partial charge on any atom is -0.372 e. The van der Waals surface area contributed by atoms with Crippen molar-refractivity contribution >= 4 is 10.9 Å². The molecule has 1 aliphatic heterocycles. The van der Waals surface area contributed by atoms with Gasteiger partial charge in [-0.15, -0.1) is 0 Å². The van der Waals surface area contributed by atoms with Crippen molar-refractivity contribution in [3.63, 3.8) is 0 Å². The summed E-state index contributed by atoms with van der Waals surface area (Å²) in [6.07, 6.45) is 2.78. The maximum Gasteiger partial charge on any atom is 0.0983 e.